The van der Waals surface area contributed by atoms with Crippen molar-refractivity contribution >= 4 is 5.91 Å². The number of carbonyl (C=O) groups is 1. The summed E-state index contributed by atoms with van der Waals surface area (Å²) in [6.07, 6.45) is 4.85. The minimum atomic E-state index is -0.0950. The van der Waals surface area contributed by atoms with Crippen LogP contribution in [0.15, 0.2) is 41.1 Å². The molecule has 0 aliphatic carbocycles. The van der Waals surface area contributed by atoms with Crippen LogP contribution in [0.3, 0.4) is 0 Å². The second-order valence-corrected chi connectivity index (χ2v) is 4.67. The maximum atomic E-state index is 12.2. The fourth-order valence-corrected chi connectivity index (χ4v) is 2.30. The molecule has 6 heteroatoms. The average molecular weight is 273 g/mol. The van der Waals surface area contributed by atoms with Crippen LogP contribution >= 0.6 is 0 Å². The van der Waals surface area contributed by atoms with Gasteiger partial charge in [0.05, 0.1) is 12.8 Å². The molecule has 1 fully saturated rings. The molecule has 3 rings (SSSR count). The van der Waals surface area contributed by atoms with E-state index in [-0.39, 0.29) is 12.0 Å². The van der Waals surface area contributed by atoms with Gasteiger partial charge in [0, 0.05) is 18.8 Å². The van der Waals surface area contributed by atoms with E-state index in [1.54, 1.807) is 35.4 Å². The molecule has 0 aromatic carbocycles. The lowest BCUT2D eigenvalue weighted by molar-refractivity contribution is 0.0498. The molecule has 1 atom stereocenters. The first-order chi connectivity index (χ1) is 9.83. The number of nitrogens with zero attached hydrogens (tertiary/aromatic N) is 3. The standard InChI is InChI=1S/C14H15N3O3/c18-14(12-5-3-9-19-12)17-8-2-4-11(10-17)20-13-6-1-7-15-16-13/h1,3,5-7,9,11H,2,4,8,10H2. The quantitative estimate of drug-likeness (QED) is 0.852. The van der Waals surface area contributed by atoms with E-state index in [1.807, 2.05) is 0 Å². The Hall–Kier alpha value is -2.37. The lowest BCUT2D eigenvalue weighted by Crippen LogP contribution is -2.44. The highest BCUT2D eigenvalue weighted by atomic mass is 16.5. The molecule has 1 aliphatic heterocycles. The highest BCUT2D eigenvalue weighted by molar-refractivity contribution is 5.91. The van der Waals surface area contributed by atoms with Crippen molar-refractivity contribution in [2.75, 3.05) is 13.1 Å². The Balaban J connectivity index is 1.63. The van der Waals surface area contributed by atoms with Gasteiger partial charge in [-0.2, -0.15) is 5.10 Å². The number of aromatic nitrogens is 2. The van der Waals surface area contributed by atoms with Crippen molar-refractivity contribution < 1.29 is 13.9 Å². The number of hydrogen-bond donors (Lipinski definition) is 0. The van der Waals surface area contributed by atoms with E-state index < -0.39 is 0 Å². The first-order valence-corrected chi connectivity index (χ1v) is 6.60. The van der Waals surface area contributed by atoms with Gasteiger partial charge in [-0.05, 0) is 31.0 Å². The second kappa shape index (κ2) is 5.73. The molecule has 1 aliphatic rings. The molecular formula is C14H15N3O3. The van der Waals surface area contributed by atoms with Crippen LogP contribution in [0.2, 0.25) is 0 Å². The Labute approximate surface area is 116 Å². The lowest BCUT2D eigenvalue weighted by Gasteiger charge is -2.31. The van der Waals surface area contributed by atoms with Crippen LogP contribution in [0.25, 0.3) is 0 Å². The zero-order valence-electron chi connectivity index (χ0n) is 10.9. The average Bonchev–Trinajstić information content (AvgIpc) is 3.02. The Morgan fingerprint density at radius 1 is 1.40 bits per heavy atom. The summed E-state index contributed by atoms with van der Waals surface area (Å²) in [4.78, 5) is 14.0. The van der Waals surface area contributed by atoms with Gasteiger partial charge in [0.15, 0.2) is 5.76 Å². The third-order valence-electron chi connectivity index (χ3n) is 3.23. The van der Waals surface area contributed by atoms with Crippen LogP contribution in [0, 0.1) is 0 Å². The molecule has 1 unspecified atom stereocenters. The van der Waals surface area contributed by atoms with E-state index in [0.717, 1.165) is 19.4 Å². The van der Waals surface area contributed by atoms with Crippen molar-refractivity contribution in [1.82, 2.24) is 15.1 Å². The summed E-state index contributed by atoms with van der Waals surface area (Å²) in [5, 5.41) is 7.67. The van der Waals surface area contributed by atoms with Gasteiger partial charge in [0.2, 0.25) is 5.88 Å². The third kappa shape index (κ3) is 2.79. The number of likely N-dealkylation sites (tertiary alicyclic amines) is 1. The van der Waals surface area contributed by atoms with E-state index in [0.29, 0.717) is 18.2 Å². The van der Waals surface area contributed by atoms with Crippen molar-refractivity contribution in [3.8, 4) is 5.88 Å². The van der Waals surface area contributed by atoms with E-state index in [1.165, 1.54) is 6.26 Å². The first kappa shape index (κ1) is 12.7. The normalized spacial score (nSPS) is 18.8. The van der Waals surface area contributed by atoms with Gasteiger partial charge in [-0.3, -0.25) is 4.79 Å². The SMILES string of the molecule is O=C(c1ccco1)N1CCCC(Oc2cccnn2)C1. The summed E-state index contributed by atoms with van der Waals surface area (Å²) in [7, 11) is 0. The molecule has 0 radical (unpaired) electrons. The number of rotatable bonds is 3. The van der Waals surface area contributed by atoms with Crippen LogP contribution in [0.4, 0.5) is 0 Å². The summed E-state index contributed by atoms with van der Waals surface area (Å²) in [6.45, 7) is 1.26. The molecule has 0 spiro atoms. The molecule has 0 bridgehead atoms. The zero-order valence-corrected chi connectivity index (χ0v) is 10.9. The summed E-state index contributed by atoms with van der Waals surface area (Å²) >= 11 is 0. The van der Waals surface area contributed by atoms with Crippen molar-refractivity contribution in [3.63, 3.8) is 0 Å². The van der Waals surface area contributed by atoms with Crippen molar-refractivity contribution in [2.45, 2.75) is 18.9 Å². The van der Waals surface area contributed by atoms with Crippen LogP contribution < -0.4 is 4.74 Å². The van der Waals surface area contributed by atoms with Gasteiger partial charge < -0.3 is 14.1 Å². The number of furan rings is 1. The van der Waals surface area contributed by atoms with Crippen molar-refractivity contribution in [3.05, 3.63) is 42.5 Å². The number of amides is 1. The molecule has 3 heterocycles. The highest BCUT2D eigenvalue weighted by Gasteiger charge is 2.27. The smallest absolute Gasteiger partial charge is 0.289 e. The van der Waals surface area contributed by atoms with E-state index in [4.69, 9.17) is 9.15 Å². The molecule has 1 amide bonds. The third-order valence-corrected chi connectivity index (χ3v) is 3.23. The van der Waals surface area contributed by atoms with Crippen molar-refractivity contribution in [2.24, 2.45) is 0 Å². The minimum Gasteiger partial charge on any atom is -0.471 e. The van der Waals surface area contributed by atoms with Gasteiger partial charge in [0.1, 0.15) is 6.10 Å². The molecule has 20 heavy (non-hydrogen) atoms. The summed E-state index contributed by atoms with van der Waals surface area (Å²) in [5.41, 5.74) is 0. The number of ether oxygens (including phenoxy) is 1. The van der Waals surface area contributed by atoms with Gasteiger partial charge in [-0.15, -0.1) is 5.10 Å². The predicted molar refractivity (Wildman–Crippen MR) is 70.3 cm³/mol. The molecule has 0 N–H and O–H groups in total. The molecular weight excluding hydrogens is 258 g/mol. The highest BCUT2D eigenvalue weighted by Crippen LogP contribution is 2.18. The molecule has 6 nitrogen and oxygen atoms in total. The topological polar surface area (TPSA) is 68.5 Å². The molecule has 2 aromatic heterocycles. The maximum absolute atomic E-state index is 12.2. The van der Waals surface area contributed by atoms with Gasteiger partial charge in [-0.1, -0.05) is 0 Å². The number of carbonyl (C=O) groups excluding carboxylic acids is 1. The van der Waals surface area contributed by atoms with E-state index in [9.17, 15) is 4.79 Å². The van der Waals surface area contributed by atoms with Gasteiger partial charge in [0.25, 0.3) is 5.91 Å². The number of hydrogen-bond acceptors (Lipinski definition) is 5. The Bertz CT molecular complexity index is 556. The van der Waals surface area contributed by atoms with Crippen LogP contribution in [-0.2, 0) is 0 Å². The Morgan fingerprint density at radius 3 is 3.10 bits per heavy atom. The zero-order chi connectivity index (χ0) is 13.8. The molecule has 1 saturated heterocycles. The molecule has 104 valence electrons. The molecule has 0 saturated carbocycles. The molecule has 2 aromatic rings. The van der Waals surface area contributed by atoms with Crippen molar-refractivity contribution in [1.29, 1.82) is 0 Å². The first-order valence-electron chi connectivity index (χ1n) is 6.60. The number of piperidine rings is 1. The van der Waals surface area contributed by atoms with Crippen LogP contribution in [0.1, 0.15) is 23.4 Å². The monoisotopic (exact) mass is 273 g/mol. The summed E-state index contributed by atoms with van der Waals surface area (Å²) in [5.74, 6) is 0.761. The van der Waals surface area contributed by atoms with E-state index >= 15 is 0 Å². The fraction of sp³-hybridized carbons (Fsp3) is 0.357. The fourth-order valence-electron chi connectivity index (χ4n) is 2.30. The summed E-state index contributed by atoms with van der Waals surface area (Å²) in [6, 6.07) is 6.93. The van der Waals surface area contributed by atoms with Gasteiger partial charge in [-0.25, -0.2) is 0 Å². The second-order valence-electron chi connectivity index (χ2n) is 4.67. The lowest BCUT2D eigenvalue weighted by atomic mass is 10.1. The predicted octanol–water partition coefficient (Wildman–Crippen LogP) is 1.75. The summed E-state index contributed by atoms with van der Waals surface area (Å²) < 4.78 is 10.9. The van der Waals surface area contributed by atoms with Crippen LogP contribution in [0.5, 0.6) is 5.88 Å². The van der Waals surface area contributed by atoms with E-state index in [2.05, 4.69) is 10.2 Å². The maximum Gasteiger partial charge on any atom is 0.289 e. The Kier molecular flexibility index (Phi) is 3.62. The van der Waals surface area contributed by atoms with Crippen LogP contribution in [-0.4, -0.2) is 40.2 Å². The minimum absolute atomic E-state index is 0.0561. The largest absolute Gasteiger partial charge is 0.471 e. The Morgan fingerprint density at radius 2 is 2.35 bits per heavy atom. The van der Waals surface area contributed by atoms with Gasteiger partial charge >= 0.3 is 0 Å².